The number of nitrogens with one attached hydrogen (secondary N) is 1. The zero-order valence-electron chi connectivity index (χ0n) is 17.4. The topological polar surface area (TPSA) is 66.0 Å². The van der Waals surface area contributed by atoms with E-state index < -0.39 is 6.10 Å². The number of aryl methyl sites for hydroxylation is 2. The Labute approximate surface area is 166 Å². The van der Waals surface area contributed by atoms with Crippen molar-refractivity contribution < 1.29 is 23.7 Å². The van der Waals surface area contributed by atoms with Crippen LogP contribution in [0.2, 0.25) is 0 Å². The molecule has 6 nitrogen and oxygen atoms in total. The molecule has 0 unspecified atom stereocenters. The smallest absolute Gasteiger partial charge is 0.261 e. The minimum atomic E-state index is -0.577. The molecule has 2 aromatic carbocycles. The highest BCUT2D eigenvalue weighted by Gasteiger charge is 2.21. The summed E-state index contributed by atoms with van der Waals surface area (Å²) in [7, 11) is 4.67. The lowest BCUT2D eigenvalue weighted by atomic mass is 10.1. The molecule has 2 rings (SSSR count). The van der Waals surface area contributed by atoms with Crippen LogP contribution in [0.5, 0.6) is 23.0 Å². The van der Waals surface area contributed by atoms with Crippen molar-refractivity contribution in [2.75, 3.05) is 21.3 Å². The van der Waals surface area contributed by atoms with E-state index in [2.05, 4.69) is 5.32 Å². The van der Waals surface area contributed by atoms with E-state index in [0.717, 1.165) is 22.4 Å². The van der Waals surface area contributed by atoms with E-state index in [1.165, 1.54) is 0 Å². The molecule has 6 heteroatoms. The van der Waals surface area contributed by atoms with E-state index in [1.54, 1.807) is 27.4 Å². The van der Waals surface area contributed by atoms with Gasteiger partial charge >= 0.3 is 0 Å². The first-order chi connectivity index (χ1) is 13.4. The van der Waals surface area contributed by atoms with E-state index in [9.17, 15) is 4.79 Å². The molecule has 0 aliphatic rings. The van der Waals surface area contributed by atoms with Crippen molar-refractivity contribution in [2.45, 2.75) is 39.8 Å². The Morgan fingerprint density at radius 2 is 1.68 bits per heavy atom. The number of hydrogen-bond acceptors (Lipinski definition) is 5. The molecule has 2 aromatic rings. The van der Waals surface area contributed by atoms with Crippen molar-refractivity contribution >= 4 is 5.91 Å². The summed E-state index contributed by atoms with van der Waals surface area (Å²) >= 11 is 0. The first-order valence-electron chi connectivity index (χ1n) is 9.24. The normalized spacial score (nSPS) is 11.5. The first-order valence-corrected chi connectivity index (χ1v) is 9.24. The van der Waals surface area contributed by atoms with Gasteiger partial charge in [-0.05, 0) is 49.6 Å². The van der Waals surface area contributed by atoms with Crippen LogP contribution in [0.15, 0.2) is 30.3 Å². The molecule has 28 heavy (non-hydrogen) atoms. The number of benzene rings is 2. The summed E-state index contributed by atoms with van der Waals surface area (Å²) in [4.78, 5) is 12.7. The molecule has 0 fully saturated rings. The van der Waals surface area contributed by atoms with Crippen molar-refractivity contribution in [2.24, 2.45) is 0 Å². The standard InChI is InChI=1S/C22H29NO5/c1-7-17(28-19-12-14(2)8-9-15(19)3)22(24)23-13-16-10-11-18(25-4)21(27-6)20(16)26-5/h8-12,17H,7,13H2,1-6H3,(H,23,24)/t17-/m1/s1. The highest BCUT2D eigenvalue weighted by atomic mass is 16.5. The minimum absolute atomic E-state index is 0.180. The van der Waals surface area contributed by atoms with Crippen molar-refractivity contribution in [3.8, 4) is 23.0 Å². The number of carbonyl (C=O) groups is 1. The Kier molecular flexibility index (Phi) is 7.55. The lowest BCUT2D eigenvalue weighted by Gasteiger charge is -2.20. The summed E-state index contributed by atoms with van der Waals surface area (Å²) in [6.07, 6.45) is -0.0194. The summed E-state index contributed by atoms with van der Waals surface area (Å²) in [6.45, 7) is 6.17. The predicted molar refractivity (Wildman–Crippen MR) is 109 cm³/mol. The molecule has 0 aliphatic heterocycles. The van der Waals surface area contributed by atoms with Crippen LogP contribution >= 0.6 is 0 Å². The van der Waals surface area contributed by atoms with E-state index in [0.29, 0.717) is 23.7 Å². The number of methoxy groups -OCH3 is 3. The van der Waals surface area contributed by atoms with Gasteiger partial charge in [0.15, 0.2) is 17.6 Å². The van der Waals surface area contributed by atoms with Crippen molar-refractivity contribution in [1.29, 1.82) is 0 Å². The summed E-state index contributed by atoms with van der Waals surface area (Å²) in [5.41, 5.74) is 2.87. The number of amides is 1. The molecule has 0 aromatic heterocycles. The van der Waals surface area contributed by atoms with Gasteiger partial charge in [0, 0.05) is 12.1 Å². The summed E-state index contributed by atoms with van der Waals surface area (Å²) < 4.78 is 22.1. The van der Waals surface area contributed by atoms with Crippen LogP contribution in [0, 0.1) is 13.8 Å². The van der Waals surface area contributed by atoms with Gasteiger partial charge in [0.1, 0.15) is 5.75 Å². The monoisotopic (exact) mass is 387 g/mol. The van der Waals surface area contributed by atoms with E-state index in [4.69, 9.17) is 18.9 Å². The largest absolute Gasteiger partial charge is 0.493 e. The van der Waals surface area contributed by atoms with Gasteiger partial charge in [-0.3, -0.25) is 4.79 Å². The number of carbonyl (C=O) groups excluding carboxylic acids is 1. The van der Waals surface area contributed by atoms with Crippen LogP contribution in [-0.4, -0.2) is 33.3 Å². The molecular weight excluding hydrogens is 358 g/mol. The highest BCUT2D eigenvalue weighted by Crippen LogP contribution is 2.39. The summed E-state index contributed by atoms with van der Waals surface area (Å²) in [5, 5.41) is 2.93. The van der Waals surface area contributed by atoms with Crippen LogP contribution in [0.1, 0.15) is 30.0 Å². The van der Waals surface area contributed by atoms with Crippen molar-refractivity contribution in [1.82, 2.24) is 5.32 Å². The molecule has 0 radical (unpaired) electrons. The lowest BCUT2D eigenvalue weighted by Crippen LogP contribution is -2.37. The maximum absolute atomic E-state index is 12.7. The fraction of sp³-hybridized carbons (Fsp3) is 0.409. The SMILES string of the molecule is CC[C@@H](Oc1cc(C)ccc1C)C(=O)NCc1ccc(OC)c(OC)c1OC. The van der Waals surface area contributed by atoms with Crippen LogP contribution in [0.3, 0.4) is 0 Å². The van der Waals surface area contributed by atoms with E-state index >= 15 is 0 Å². The van der Waals surface area contributed by atoms with E-state index in [1.807, 2.05) is 45.0 Å². The maximum Gasteiger partial charge on any atom is 0.261 e. The predicted octanol–water partition coefficient (Wildman–Crippen LogP) is 3.80. The summed E-state index contributed by atoms with van der Waals surface area (Å²) in [6, 6.07) is 9.58. The Bertz CT molecular complexity index is 819. The molecule has 1 N–H and O–H groups in total. The molecule has 1 amide bonds. The average Bonchev–Trinajstić information content (AvgIpc) is 2.71. The summed E-state index contributed by atoms with van der Waals surface area (Å²) in [5.74, 6) is 2.14. The zero-order chi connectivity index (χ0) is 20.7. The molecule has 0 saturated carbocycles. The van der Waals surface area contributed by atoms with Gasteiger partial charge in [-0.25, -0.2) is 0 Å². The van der Waals surface area contributed by atoms with E-state index in [-0.39, 0.29) is 12.5 Å². The van der Waals surface area contributed by atoms with Crippen molar-refractivity contribution in [3.05, 3.63) is 47.0 Å². The average molecular weight is 387 g/mol. The van der Waals surface area contributed by atoms with Gasteiger partial charge in [0.05, 0.1) is 21.3 Å². The highest BCUT2D eigenvalue weighted by molar-refractivity contribution is 5.81. The van der Waals surface area contributed by atoms with Gasteiger partial charge in [-0.2, -0.15) is 0 Å². The Morgan fingerprint density at radius 3 is 2.29 bits per heavy atom. The lowest BCUT2D eigenvalue weighted by molar-refractivity contribution is -0.128. The molecular formula is C22H29NO5. The minimum Gasteiger partial charge on any atom is -0.493 e. The van der Waals surface area contributed by atoms with Gasteiger partial charge in [0.25, 0.3) is 5.91 Å². The molecule has 0 spiro atoms. The molecule has 0 aliphatic carbocycles. The van der Waals surface area contributed by atoms with Crippen LogP contribution in [0.25, 0.3) is 0 Å². The Balaban J connectivity index is 2.12. The number of rotatable bonds is 9. The quantitative estimate of drug-likeness (QED) is 0.709. The maximum atomic E-state index is 12.7. The third-order valence-corrected chi connectivity index (χ3v) is 4.51. The third-order valence-electron chi connectivity index (χ3n) is 4.51. The fourth-order valence-corrected chi connectivity index (χ4v) is 2.91. The second-order valence-electron chi connectivity index (χ2n) is 6.49. The van der Waals surface area contributed by atoms with Gasteiger partial charge in [0.2, 0.25) is 5.75 Å². The molecule has 152 valence electrons. The van der Waals surface area contributed by atoms with Gasteiger partial charge in [-0.1, -0.05) is 19.1 Å². The van der Waals surface area contributed by atoms with Gasteiger partial charge < -0.3 is 24.3 Å². The van der Waals surface area contributed by atoms with Crippen LogP contribution in [0.4, 0.5) is 0 Å². The fourth-order valence-electron chi connectivity index (χ4n) is 2.91. The first kappa shape index (κ1) is 21.4. The Hall–Kier alpha value is -2.89. The number of ether oxygens (including phenoxy) is 4. The second kappa shape index (κ2) is 9.88. The zero-order valence-corrected chi connectivity index (χ0v) is 17.4. The Morgan fingerprint density at radius 1 is 0.964 bits per heavy atom. The second-order valence-corrected chi connectivity index (χ2v) is 6.49. The van der Waals surface area contributed by atoms with Crippen LogP contribution in [-0.2, 0) is 11.3 Å². The van der Waals surface area contributed by atoms with Gasteiger partial charge in [-0.15, -0.1) is 0 Å². The molecule has 0 saturated heterocycles. The molecule has 1 atom stereocenters. The molecule has 0 bridgehead atoms. The van der Waals surface area contributed by atoms with Crippen LogP contribution < -0.4 is 24.3 Å². The third kappa shape index (κ3) is 4.88. The number of hydrogen-bond donors (Lipinski definition) is 1. The molecule has 0 heterocycles. The van der Waals surface area contributed by atoms with Crippen molar-refractivity contribution in [3.63, 3.8) is 0 Å².